The largest absolute Gasteiger partial charge is 0.497 e. The number of ether oxygens (including phenoxy) is 2. The van der Waals surface area contributed by atoms with Crippen molar-refractivity contribution in [2.24, 2.45) is 0 Å². The van der Waals surface area contributed by atoms with E-state index in [2.05, 4.69) is 0 Å². The first-order valence-corrected chi connectivity index (χ1v) is 14.1. The second-order valence-corrected chi connectivity index (χ2v) is 11.4. The van der Waals surface area contributed by atoms with Crippen molar-refractivity contribution in [2.45, 2.75) is 42.8 Å². The van der Waals surface area contributed by atoms with Crippen LogP contribution in [0, 0.1) is 13.8 Å². The van der Waals surface area contributed by atoms with Crippen LogP contribution in [0.3, 0.4) is 0 Å². The van der Waals surface area contributed by atoms with E-state index in [1.54, 1.807) is 43.5 Å². The van der Waals surface area contributed by atoms with Gasteiger partial charge in [0, 0.05) is 6.42 Å². The molecule has 8 nitrogen and oxygen atoms in total. The van der Waals surface area contributed by atoms with Crippen molar-refractivity contribution in [2.75, 3.05) is 20.3 Å². The third-order valence-corrected chi connectivity index (χ3v) is 7.99. The van der Waals surface area contributed by atoms with Crippen LogP contribution in [0.15, 0.2) is 82.6 Å². The van der Waals surface area contributed by atoms with E-state index in [0.29, 0.717) is 5.75 Å². The highest BCUT2D eigenvalue weighted by atomic mass is 32.2. The van der Waals surface area contributed by atoms with E-state index in [9.17, 15) is 16.8 Å². The van der Waals surface area contributed by atoms with Gasteiger partial charge in [-0.15, -0.1) is 0 Å². The highest BCUT2D eigenvalue weighted by molar-refractivity contribution is 7.87. The molecule has 0 amide bonds. The summed E-state index contributed by atoms with van der Waals surface area (Å²) < 4.78 is 72.0. The SMILES string of the molecule is COc1ccc(COCC(CCOS(=O)(=O)c2ccc(C)cc2)OS(=O)(=O)c2ccc(C)cc2)cc1. The van der Waals surface area contributed by atoms with Crippen LogP contribution >= 0.6 is 0 Å². The van der Waals surface area contributed by atoms with Gasteiger partial charge in [-0.25, -0.2) is 0 Å². The van der Waals surface area contributed by atoms with Crippen molar-refractivity contribution >= 4 is 20.2 Å². The molecule has 36 heavy (non-hydrogen) atoms. The van der Waals surface area contributed by atoms with Gasteiger partial charge in [0.2, 0.25) is 0 Å². The fourth-order valence-corrected chi connectivity index (χ4v) is 5.20. The summed E-state index contributed by atoms with van der Waals surface area (Å²) >= 11 is 0. The predicted octanol–water partition coefficient (Wildman–Crippen LogP) is 4.40. The first-order chi connectivity index (χ1) is 17.1. The van der Waals surface area contributed by atoms with Gasteiger partial charge in [-0.1, -0.05) is 47.5 Å². The molecular formula is C26H30O8S2. The van der Waals surface area contributed by atoms with Gasteiger partial charge in [-0.05, 0) is 55.8 Å². The molecule has 0 aliphatic carbocycles. The van der Waals surface area contributed by atoms with Gasteiger partial charge in [-0.2, -0.15) is 16.8 Å². The molecule has 10 heteroatoms. The molecule has 0 radical (unpaired) electrons. The summed E-state index contributed by atoms with van der Waals surface area (Å²) in [5.74, 6) is 0.705. The Labute approximate surface area is 213 Å². The molecule has 3 aromatic rings. The molecule has 0 N–H and O–H groups in total. The van der Waals surface area contributed by atoms with Crippen LogP contribution in [0.2, 0.25) is 0 Å². The first-order valence-electron chi connectivity index (χ1n) is 11.3. The maximum absolute atomic E-state index is 12.8. The highest BCUT2D eigenvalue weighted by Gasteiger charge is 2.24. The lowest BCUT2D eigenvalue weighted by molar-refractivity contribution is 0.0347. The van der Waals surface area contributed by atoms with Gasteiger partial charge >= 0.3 is 0 Å². The summed E-state index contributed by atoms with van der Waals surface area (Å²) in [6.45, 7) is 3.52. The van der Waals surface area contributed by atoms with Crippen LogP contribution in [0.4, 0.5) is 0 Å². The maximum atomic E-state index is 12.8. The Kier molecular flexibility index (Phi) is 9.63. The van der Waals surface area contributed by atoms with Gasteiger partial charge in [0.1, 0.15) is 11.9 Å². The Morgan fingerprint density at radius 2 is 1.25 bits per heavy atom. The molecule has 0 bridgehead atoms. The molecule has 0 saturated heterocycles. The van der Waals surface area contributed by atoms with Crippen molar-refractivity contribution in [1.29, 1.82) is 0 Å². The second kappa shape index (κ2) is 12.5. The number of hydrogen-bond donors (Lipinski definition) is 0. The number of rotatable bonds is 13. The molecule has 0 fully saturated rings. The molecule has 1 unspecified atom stereocenters. The van der Waals surface area contributed by atoms with Crippen LogP contribution in [-0.2, 0) is 39.9 Å². The van der Waals surface area contributed by atoms with Crippen molar-refractivity contribution in [3.05, 3.63) is 89.5 Å². The summed E-state index contributed by atoms with van der Waals surface area (Å²) in [5, 5.41) is 0. The molecular weight excluding hydrogens is 504 g/mol. The van der Waals surface area contributed by atoms with Gasteiger partial charge in [0.25, 0.3) is 20.2 Å². The second-order valence-electron chi connectivity index (χ2n) is 8.23. The van der Waals surface area contributed by atoms with E-state index < -0.39 is 26.3 Å². The average molecular weight is 535 g/mol. The number of aryl methyl sites for hydroxylation is 2. The van der Waals surface area contributed by atoms with E-state index in [-0.39, 0.29) is 36.0 Å². The summed E-state index contributed by atoms with van der Waals surface area (Å²) in [6, 6.07) is 19.7. The molecule has 194 valence electrons. The molecule has 0 heterocycles. The molecule has 3 aromatic carbocycles. The van der Waals surface area contributed by atoms with Crippen LogP contribution in [0.1, 0.15) is 23.1 Å². The Morgan fingerprint density at radius 3 is 1.78 bits per heavy atom. The molecule has 0 aliphatic heterocycles. The zero-order chi connectivity index (χ0) is 26.2. The van der Waals surface area contributed by atoms with Gasteiger partial charge in [-0.3, -0.25) is 8.37 Å². The van der Waals surface area contributed by atoms with Gasteiger partial charge in [0.15, 0.2) is 0 Å². The van der Waals surface area contributed by atoms with Gasteiger partial charge < -0.3 is 9.47 Å². The van der Waals surface area contributed by atoms with Crippen LogP contribution in [0.5, 0.6) is 5.75 Å². The average Bonchev–Trinajstić information content (AvgIpc) is 2.84. The summed E-state index contributed by atoms with van der Waals surface area (Å²) in [6.07, 6.45) is -0.999. The Morgan fingerprint density at radius 1 is 0.722 bits per heavy atom. The number of methoxy groups -OCH3 is 1. The molecule has 1 atom stereocenters. The Balaban J connectivity index is 1.66. The predicted molar refractivity (Wildman–Crippen MR) is 135 cm³/mol. The van der Waals surface area contributed by atoms with E-state index in [4.69, 9.17) is 17.8 Å². The van der Waals surface area contributed by atoms with Crippen LogP contribution in [0.25, 0.3) is 0 Å². The van der Waals surface area contributed by atoms with Crippen LogP contribution < -0.4 is 4.74 Å². The molecule has 0 aromatic heterocycles. The summed E-state index contributed by atoms with van der Waals surface area (Å²) in [5.41, 5.74) is 2.68. The molecule has 0 aliphatic rings. The summed E-state index contributed by atoms with van der Waals surface area (Å²) in [7, 11) is -6.53. The van der Waals surface area contributed by atoms with E-state index >= 15 is 0 Å². The van der Waals surface area contributed by atoms with E-state index in [0.717, 1.165) is 16.7 Å². The fraction of sp³-hybridized carbons (Fsp3) is 0.308. The monoisotopic (exact) mass is 534 g/mol. The van der Waals surface area contributed by atoms with Crippen molar-refractivity contribution in [3.63, 3.8) is 0 Å². The number of hydrogen-bond acceptors (Lipinski definition) is 8. The normalized spacial score (nSPS) is 12.9. The lowest BCUT2D eigenvalue weighted by Gasteiger charge is -2.18. The minimum Gasteiger partial charge on any atom is -0.497 e. The molecule has 3 rings (SSSR count). The van der Waals surface area contributed by atoms with E-state index in [1.807, 2.05) is 26.0 Å². The fourth-order valence-electron chi connectivity index (χ4n) is 3.19. The van der Waals surface area contributed by atoms with E-state index in [1.165, 1.54) is 24.3 Å². The van der Waals surface area contributed by atoms with Crippen LogP contribution in [-0.4, -0.2) is 43.3 Å². The smallest absolute Gasteiger partial charge is 0.297 e. The molecule has 0 spiro atoms. The third kappa shape index (κ3) is 8.14. The van der Waals surface area contributed by atoms with Crippen molar-refractivity contribution in [1.82, 2.24) is 0 Å². The first kappa shape index (κ1) is 27.8. The summed E-state index contributed by atoms with van der Waals surface area (Å²) in [4.78, 5) is 0.0232. The third-order valence-electron chi connectivity index (χ3n) is 5.29. The molecule has 0 saturated carbocycles. The standard InChI is InChI=1S/C26H30O8S2/c1-20-4-12-25(13-5-20)35(27,28)33-17-16-24(19-32-18-22-8-10-23(31-3)11-9-22)34-36(29,30)26-14-6-21(2)7-15-26/h4-15,24H,16-19H2,1-3H3. The van der Waals surface area contributed by atoms with Crippen molar-refractivity contribution in [3.8, 4) is 5.75 Å². The minimum atomic E-state index is -4.10. The lowest BCUT2D eigenvalue weighted by atomic mass is 10.2. The maximum Gasteiger partial charge on any atom is 0.297 e. The zero-order valence-electron chi connectivity index (χ0n) is 20.4. The lowest BCUT2D eigenvalue weighted by Crippen LogP contribution is -2.26. The Bertz CT molecular complexity index is 1320. The topological polar surface area (TPSA) is 105 Å². The quantitative estimate of drug-likeness (QED) is 0.297. The Hall–Kier alpha value is -2.76. The minimum absolute atomic E-state index is 0.00134. The highest BCUT2D eigenvalue weighted by Crippen LogP contribution is 2.19. The number of benzene rings is 3. The van der Waals surface area contributed by atoms with Gasteiger partial charge in [0.05, 0.1) is 36.7 Å². The van der Waals surface area contributed by atoms with Crippen molar-refractivity contribution < 1.29 is 34.7 Å². The zero-order valence-corrected chi connectivity index (χ0v) is 22.0.